The van der Waals surface area contributed by atoms with Gasteiger partial charge < -0.3 is 19.3 Å². The first-order valence-corrected chi connectivity index (χ1v) is 23.3. The molecule has 4 nitrogen and oxygen atoms in total. The van der Waals surface area contributed by atoms with Gasteiger partial charge in [-0.25, -0.2) is 0 Å². The van der Waals surface area contributed by atoms with Crippen LogP contribution in [0.15, 0.2) is 200 Å². The van der Waals surface area contributed by atoms with E-state index in [9.17, 15) is 0 Å². The van der Waals surface area contributed by atoms with Crippen LogP contribution in [0.2, 0.25) is 0 Å². The molecule has 0 spiro atoms. The van der Waals surface area contributed by atoms with Crippen molar-refractivity contribution in [2.24, 2.45) is 0 Å². The molecular weight excluding hydrogens is 800 g/mol. The third kappa shape index (κ3) is 5.63. The first-order chi connectivity index (χ1) is 31.5. The number of fused-ring (bicyclic) bond motifs is 10. The minimum atomic E-state index is -0.718. The summed E-state index contributed by atoms with van der Waals surface area (Å²) in [4.78, 5) is 4.68. The maximum atomic E-state index is 6.38. The van der Waals surface area contributed by atoms with Gasteiger partial charge in [-0.15, -0.1) is 0 Å². The van der Waals surface area contributed by atoms with Gasteiger partial charge >= 0.3 is 0 Å². The fourth-order valence-corrected chi connectivity index (χ4v) is 12.9. The molecular formula is C59H41N2O2P. The molecule has 2 aliphatic heterocycles. The second kappa shape index (κ2) is 14.1. The molecule has 9 aromatic carbocycles. The summed E-state index contributed by atoms with van der Waals surface area (Å²) in [5.74, 6) is 3.44. The zero-order chi connectivity index (χ0) is 42.5. The maximum absolute atomic E-state index is 6.38. The van der Waals surface area contributed by atoms with E-state index in [0.717, 1.165) is 57.1 Å². The van der Waals surface area contributed by atoms with Gasteiger partial charge in [-0.2, -0.15) is 0 Å². The lowest BCUT2D eigenvalue weighted by Gasteiger charge is -2.33. The highest BCUT2D eigenvalue weighted by atomic mass is 31.1. The molecule has 1 aromatic heterocycles. The first kappa shape index (κ1) is 36.8. The zero-order valence-electron chi connectivity index (χ0n) is 35.4. The van der Waals surface area contributed by atoms with Crippen molar-refractivity contribution in [2.75, 3.05) is 9.80 Å². The van der Waals surface area contributed by atoms with E-state index >= 15 is 0 Å². The van der Waals surface area contributed by atoms with Gasteiger partial charge in [-0.3, -0.25) is 0 Å². The average Bonchev–Trinajstić information content (AvgIpc) is 3.78. The Balaban J connectivity index is 0.876. The molecule has 304 valence electrons. The van der Waals surface area contributed by atoms with Gasteiger partial charge in [0.15, 0.2) is 23.0 Å². The predicted molar refractivity (Wildman–Crippen MR) is 268 cm³/mol. The highest BCUT2D eigenvalue weighted by Crippen LogP contribution is 2.58. The summed E-state index contributed by atoms with van der Waals surface area (Å²) < 4.78 is 12.7. The molecule has 0 saturated carbocycles. The zero-order valence-corrected chi connectivity index (χ0v) is 36.3. The van der Waals surface area contributed by atoms with Crippen LogP contribution >= 0.6 is 7.53 Å². The van der Waals surface area contributed by atoms with E-state index in [1.807, 2.05) is 36.4 Å². The van der Waals surface area contributed by atoms with Crippen LogP contribution in [0.3, 0.4) is 0 Å². The molecule has 0 fully saturated rings. The number of para-hydroxylation sites is 8. The highest BCUT2D eigenvalue weighted by molar-refractivity contribution is 7.67. The minimum Gasteiger partial charge on any atom is -0.453 e. The molecule has 5 heteroatoms. The third-order valence-electron chi connectivity index (χ3n) is 13.3. The summed E-state index contributed by atoms with van der Waals surface area (Å²) in [6.07, 6.45) is 4.56. The molecule has 3 aliphatic rings. The Morgan fingerprint density at radius 2 is 0.828 bits per heavy atom. The lowest BCUT2D eigenvalue weighted by molar-refractivity contribution is 0.476. The van der Waals surface area contributed by atoms with Crippen LogP contribution in [0.1, 0.15) is 36.1 Å². The largest absolute Gasteiger partial charge is 0.453 e. The Morgan fingerprint density at radius 3 is 1.41 bits per heavy atom. The van der Waals surface area contributed by atoms with Crippen molar-refractivity contribution in [3.63, 3.8) is 0 Å². The second-order valence-electron chi connectivity index (χ2n) is 17.4. The van der Waals surface area contributed by atoms with E-state index in [1.54, 1.807) is 0 Å². The van der Waals surface area contributed by atoms with Crippen LogP contribution in [0.4, 0.5) is 34.1 Å². The fourth-order valence-electron chi connectivity index (χ4n) is 10.3. The van der Waals surface area contributed by atoms with Crippen LogP contribution in [-0.4, -0.2) is 0 Å². The van der Waals surface area contributed by atoms with E-state index in [-0.39, 0.29) is 5.41 Å². The number of nitrogens with zero attached hydrogens (tertiary/aromatic N) is 2. The van der Waals surface area contributed by atoms with E-state index in [1.165, 1.54) is 59.7 Å². The summed E-state index contributed by atoms with van der Waals surface area (Å²) in [6, 6.07) is 72.3. The second-order valence-corrected chi connectivity index (χ2v) is 19.5. The van der Waals surface area contributed by atoms with Gasteiger partial charge in [-0.05, 0) is 140 Å². The number of hydrogen-bond acceptors (Lipinski definition) is 4. The van der Waals surface area contributed by atoms with E-state index in [4.69, 9.17) is 9.47 Å². The number of rotatable bonds is 5. The maximum Gasteiger partial charge on any atom is 0.151 e. The molecule has 1 atom stereocenters. The highest BCUT2D eigenvalue weighted by Gasteiger charge is 2.37. The molecule has 0 radical (unpaired) electrons. The average molecular weight is 841 g/mol. The van der Waals surface area contributed by atoms with Gasteiger partial charge in [-0.1, -0.05) is 143 Å². The molecule has 13 rings (SSSR count). The van der Waals surface area contributed by atoms with E-state index in [2.05, 4.69) is 200 Å². The van der Waals surface area contributed by atoms with E-state index in [0.29, 0.717) is 0 Å². The Morgan fingerprint density at radius 1 is 0.406 bits per heavy atom. The summed E-state index contributed by atoms with van der Waals surface area (Å²) >= 11 is 0. The SMILES string of the molecule is CC1(C)c2cc(C=Cc3ccc4c(c3)c3cc(N5c6ccccc6Oc6ccccc65)ccc3p4-c3ccccc3)ccc2-c2ccc(N3c4ccccc4Oc4ccccc43)cc21. The van der Waals surface area contributed by atoms with Gasteiger partial charge in [0.25, 0.3) is 0 Å². The van der Waals surface area contributed by atoms with Gasteiger partial charge in [0, 0.05) is 27.0 Å². The van der Waals surface area contributed by atoms with Crippen molar-refractivity contribution < 1.29 is 9.47 Å². The van der Waals surface area contributed by atoms with Crippen LogP contribution in [0.25, 0.3) is 49.6 Å². The van der Waals surface area contributed by atoms with Crippen LogP contribution in [0.5, 0.6) is 23.0 Å². The molecule has 0 amide bonds. The van der Waals surface area contributed by atoms with Crippen LogP contribution in [0, 0.1) is 0 Å². The molecule has 3 heterocycles. The number of anilines is 6. The van der Waals surface area contributed by atoms with Crippen molar-refractivity contribution >= 4 is 74.8 Å². The van der Waals surface area contributed by atoms with Crippen molar-refractivity contribution in [1.29, 1.82) is 0 Å². The molecule has 1 aliphatic carbocycles. The van der Waals surface area contributed by atoms with Crippen LogP contribution in [-0.2, 0) is 5.41 Å². The van der Waals surface area contributed by atoms with Crippen molar-refractivity contribution in [2.45, 2.75) is 19.3 Å². The molecule has 0 saturated heterocycles. The lowest BCUT2D eigenvalue weighted by atomic mass is 9.81. The summed E-state index contributed by atoms with van der Waals surface area (Å²) in [5.41, 5.74) is 13.9. The fraction of sp³-hybridized carbons (Fsp3) is 0.0508. The first-order valence-electron chi connectivity index (χ1n) is 21.9. The quantitative estimate of drug-likeness (QED) is 0.161. The lowest BCUT2D eigenvalue weighted by Crippen LogP contribution is -2.18. The smallest absolute Gasteiger partial charge is 0.151 e. The Kier molecular flexibility index (Phi) is 8.13. The van der Waals surface area contributed by atoms with Gasteiger partial charge in [0.05, 0.1) is 22.7 Å². The molecule has 0 N–H and O–H groups in total. The van der Waals surface area contributed by atoms with Gasteiger partial charge in [0.1, 0.15) is 0 Å². The summed E-state index contributed by atoms with van der Waals surface area (Å²) in [5, 5.41) is 6.75. The van der Waals surface area contributed by atoms with Crippen molar-refractivity contribution in [1.82, 2.24) is 0 Å². The normalized spacial score (nSPS) is 14.3. The van der Waals surface area contributed by atoms with Gasteiger partial charge in [0.2, 0.25) is 0 Å². The van der Waals surface area contributed by atoms with Crippen LogP contribution < -0.4 is 19.3 Å². The van der Waals surface area contributed by atoms with Crippen molar-refractivity contribution in [3.8, 4) is 39.4 Å². The number of ether oxygens (including phenoxy) is 2. The molecule has 64 heavy (non-hydrogen) atoms. The molecule has 10 aromatic rings. The Bertz CT molecular complexity index is 3480. The topological polar surface area (TPSA) is 24.9 Å². The summed E-state index contributed by atoms with van der Waals surface area (Å²) in [6.45, 7) is 4.73. The standard InChI is InChI=1S/C59H41N2O2P/c1-59(2)47-35-39(26-30-43(47)44-31-28-41(37-48(44)59)61-51-18-8-12-22-55(51)63-56-23-13-9-19-52(56)61)25-24-38-27-32-57-45(34-38)46-36-40(29-33-58(46)64(57)42-14-4-3-5-15-42)60-49-16-6-10-20-53(49)62-54-21-11-7-17-50(54)60/h3-37H,1-2H3. The number of hydrogen-bond donors (Lipinski definition) is 0. The third-order valence-corrected chi connectivity index (χ3v) is 15.9. The molecule has 0 bridgehead atoms. The predicted octanol–water partition coefficient (Wildman–Crippen LogP) is 17.6. The Labute approximate surface area is 373 Å². The van der Waals surface area contributed by atoms with Crippen molar-refractivity contribution in [3.05, 3.63) is 222 Å². The summed E-state index contributed by atoms with van der Waals surface area (Å²) in [7, 11) is -0.718. The number of benzene rings is 9. The molecule has 1 unspecified atom stereocenters. The van der Waals surface area contributed by atoms with E-state index < -0.39 is 7.53 Å². The minimum absolute atomic E-state index is 0.193. The monoisotopic (exact) mass is 840 g/mol. The Hall–Kier alpha value is -7.78.